The van der Waals surface area contributed by atoms with Crippen molar-refractivity contribution >= 4 is 34.9 Å². The largest absolute Gasteiger partial charge is 0.294 e. The van der Waals surface area contributed by atoms with Crippen molar-refractivity contribution in [2.45, 2.75) is 26.2 Å². The molecule has 0 spiro atoms. The quantitative estimate of drug-likeness (QED) is 0.369. The van der Waals surface area contributed by atoms with Crippen LogP contribution in [-0.2, 0) is 16.0 Å². The molecule has 0 aromatic heterocycles. The lowest BCUT2D eigenvalue weighted by atomic mass is 9.63. The monoisotopic (exact) mass is 445 g/mol. The molecule has 4 nitrogen and oxygen atoms in total. The Kier molecular flexibility index (Phi) is 4.45. The van der Waals surface area contributed by atoms with E-state index in [-0.39, 0.29) is 41.3 Å². The van der Waals surface area contributed by atoms with Crippen LogP contribution < -0.4 is 4.90 Å². The number of carbonyl (C=O) groups excluding carboxylic acids is 3. The Hall–Kier alpha value is -2.72. The van der Waals surface area contributed by atoms with Crippen LogP contribution >= 0.6 is 11.6 Å². The number of ketones is 1. The standard InChI is InChI=1S/C27H24ClNO3/c1-14-12-16(5-10-22(14)28)23(30)11-4-15-2-6-17(7-3-15)29-26(31)24-18-8-9-19(21-13-20(18)21)25(24)27(29)32/h2-3,5-10,12,18-21,24-25H,4,11,13H2,1H3. The fraction of sp³-hybridized carbons (Fsp3) is 0.370. The molecule has 4 aliphatic carbocycles. The van der Waals surface area contributed by atoms with Gasteiger partial charge in [0.05, 0.1) is 17.5 Å². The van der Waals surface area contributed by atoms with Gasteiger partial charge < -0.3 is 0 Å². The van der Waals surface area contributed by atoms with E-state index in [4.69, 9.17) is 11.6 Å². The van der Waals surface area contributed by atoms with Gasteiger partial charge in [0.25, 0.3) is 0 Å². The predicted molar refractivity (Wildman–Crippen MR) is 122 cm³/mol. The van der Waals surface area contributed by atoms with Gasteiger partial charge in [0.15, 0.2) is 5.78 Å². The summed E-state index contributed by atoms with van der Waals surface area (Å²) in [5.41, 5.74) is 3.21. The third-order valence-corrected chi connectivity index (χ3v) is 8.40. The molecule has 0 N–H and O–H groups in total. The van der Waals surface area contributed by atoms with Gasteiger partial charge in [0.2, 0.25) is 11.8 Å². The molecule has 1 saturated heterocycles. The van der Waals surface area contributed by atoms with E-state index in [9.17, 15) is 14.4 Å². The highest BCUT2D eigenvalue weighted by molar-refractivity contribution is 6.31. The SMILES string of the molecule is Cc1cc(C(=O)CCc2ccc(N3C(=O)C4C5C=CC(C6CC56)C4C3=O)cc2)ccc1Cl. The maximum absolute atomic E-state index is 13.2. The second-order valence-electron chi connectivity index (χ2n) is 9.72. The van der Waals surface area contributed by atoms with Crippen molar-refractivity contribution in [3.8, 4) is 0 Å². The fourth-order valence-electron chi connectivity index (χ4n) is 6.24. The first kappa shape index (κ1) is 19.9. The molecule has 7 rings (SSSR count). The van der Waals surface area contributed by atoms with Crippen LogP contribution in [-0.4, -0.2) is 17.6 Å². The van der Waals surface area contributed by atoms with Gasteiger partial charge in [0.1, 0.15) is 0 Å². The van der Waals surface area contributed by atoms with Crippen molar-refractivity contribution in [2.24, 2.45) is 35.5 Å². The van der Waals surface area contributed by atoms with Crippen molar-refractivity contribution in [1.29, 1.82) is 0 Å². The topological polar surface area (TPSA) is 54.5 Å². The maximum Gasteiger partial charge on any atom is 0.238 e. The number of amides is 2. The van der Waals surface area contributed by atoms with Crippen LogP contribution in [0.5, 0.6) is 0 Å². The van der Waals surface area contributed by atoms with Gasteiger partial charge in [-0.1, -0.05) is 35.9 Å². The zero-order valence-corrected chi connectivity index (χ0v) is 18.6. The third-order valence-electron chi connectivity index (χ3n) is 7.98. The van der Waals surface area contributed by atoms with Gasteiger partial charge in [-0.2, -0.15) is 0 Å². The first-order valence-electron chi connectivity index (χ1n) is 11.4. The molecule has 0 radical (unpaired) electrons. The van der Waals surface area contributed by atoms with Gasteiger partial charge in [-0.05, 0) is 84.9 Å². The molecule has 5 heteroatoms. The summed E-state index contributed by atoms with van der Waals surface area (Å²) in [5.74, 6) is 1.32. The van der Waals surface area contributed by atoms with E-state index in [1.165, 1.54) is 11.3 Å². The number of rotatable bonds is 5. The molecule has 6 atom stereocenters. The highest BCUT2D eigenvalue weighted by Gasteiger charge is 2.67. The Bertz CT molecular complexity index is 1150. The summed E-state index contributed by atoms with van der Waals surface area (Å²) >= 11 is 6.05. The second kappa shape index (κ2) is 7.14. The Morgan fingerprint density at radius 3 is 2.19 bits per heavy atom. The van der Waals surface area contributed by atoms with Crippen LogP contribution in [0.15, 0.2) is 54.6 Å². The summed E-state index contributed by atoms with van der Waals surface area (Å²) < 4.78 is 0. The second-order valence-corrected chi connectivity index (χ2v) is 10.1. The number of hydrogen-bond acceptors (Lipinski definition) is 3. The smallest absolute Gasteiger partial charge is 0.238 e. The molecule has 3 fully saturated rings. The van der Waals surface area contributed by atoms with Crippen molar-refractivity contribution in [1.82, 2.24) is 0 Å². The van der Waals surface area contributed by atoms with Crippen molar-refractivity contribution in [3.63, 3.8) is 0 Å². The molecule has 162 valence electrons. The number of halogens is 1. The number of aryl methyl sites for hydroxylation is 2. The number of nitrogens with zero attached hydrogens (tertiary/aromatic N) is 1. The van der Waals surface area contributed by atoms with Crippen LogP contribution in [0.2, 0.25) is 5.02 Å². The number of benzene rings is 2. The number of anilines is 1. The molecule has 1 heterocycles. The average molecular weight is 446 g/mol. The third kappa shape index (κ3) is 2.92. The Morgan fingerprint density at radius 1 is 0.969 bits per heavy atom. The van der Waals surface area contributed by atoms with Crippen molar-refractivity contribution in [2.75, 3.05) is 4.90 Å². The minimum atomic E-state index is -0.179. The van der Waals surface area contributed by atoms with Crippen LogP contribution in [0.4, 0.5) is 5.69 Å². The number of allylic oxidation sites excluding steroid dienone is 2. The van der Waals surface area contributed by atoms with E-state index in [1.54, 1.807) is 12.1 Å². The highest BCUT2D eigenvalue weighted by atomic mass is 35.5. The van der Waals surface area contributed by atoms with Gasteiger partial charge in [-0.25, -0.2) is 0 Å². The van der Waals surface area contributed by atoms with Gasteiger partial charge in [0, 0.05) is 17.0 Å². The number of carbonyl (C=O) groups is 3. The van der Waals surface area contributed by atoms with Crippen molar-refractivity contribution < 1.29 is 14.4 Å². The van der Waals surface area contributed by atoms with E-state index < -0.39 is 0 Å². The summed E-state index contributed by atoms with van der Waals surface area (Å²) in [6.45, 7) is 1.89. The Labute approximate surface area is 192 Å². The molecule has 2 aromatic rings. The van der Waals surface area contributed by atoms with Crippen LogP contribution in [0.25, 0.3) is 0 Å². The lowest BCUT2D eigenvalue weighted by molar-refractivity contribution is -0.124. The lowest BCUT2D eigenvalue weighted by Crippen LogP contribution is -2.40. The van der Waals surface area contributed by atoms with Crippen LogP contribution in [0.1, 0.15) is 34.3 Å². The number of imide groups is 1. The molecule has 2 saturated carbocycles. The fourth-order valence-corrected chi connectivity index (χ4v) is 6.36. The summed E-state index contributed by atoms with van der Waals surface area (Å²) in [6, 6.07) is 12.9. The summed E-state index contributed by atoms with van der Waals surface area (Å²) in [5, 5.41) is 0.656. The van der Waals surface area contributed by atoms with E-state index in [0.717, 1.165) is 11.1 Å². The normalized spacial score (nSPS) is 31.6. The minimum absolute atomic E-state index is 0.0364. The van der Waals surface area contributed by atoms with E-state index in [2.05, 4.69) is 12.2 Å². The van der Waals surface area contributed by atoms with E-state index >= 15 is 0 Å². The molecule has 1 aliphatic heterocycles. The van der Waals surface area contributed by atoms with Crippen molar-refractivity contribution in [3.05, 3.63) is 76.3 Å². The predicted octanol–water partition coefficient (Wildman–Crippen LogP) is 5.02. The van der Waals surface area contributed by atoms with Gasteiger partial charge in [-0.3, -0.25) is 19.3 Å². The number of Topliss-reactive ketones (excluding diaryl/α,β-unsaturated/α-hetero) is 1. The Balaban J connectivity index is 1.15. The summed E-state index contributed by atoms with van der Waals surface area (Å²) in [7, 11) is 0. The molecule has 2 amide bonds. The molecule has 2 aromatic carbocycles. The molecule has 2 bridgehead atoms. The van der Waals surface area contributed by atoms with Gasteiger partial charge in [-0.15, -0.1) is 0 Å². The minimum Gasteiger partial charge on any atom is -0.294 e. The molecule has 32 heavy (non-hydrogen) atoms. The highest BCUT2D eigenvalue weighted by Crippen LogP contribution is 2.65. The lowest BCUT2D eigenvalue weighted by Gasteiger charge is -2.37. The average Bonchev–Trinajstić information content (AvgIpc) is 3.58. The molecular formula is C27H24ClNO3. The first-order chi connectivity index (χ1) is 15.4. The number of hydrogen-bond donors (Lipinski definition) is 0. The first-order valence-corrected chi connectivity index (χ1v) is 11.8. The van der Waals surface area contributed by atoms with Crippen LogP contribution in [0, 0.1) is 42.4 Å². The molecule has 6 unspecified atom stereocenters. The van der Waals surface area contributed by atoms with E-state index in [1.807, 2.05) is 37.3 Å². The summed E-state index contributed by atoms with van der Waals surface area (Å²) in [4.78, 5) is 40.4. The van der Waals surface area contributed by atoms with E-state index in [0.29, 0.717) is 41.0 Å². The zero-order valence-electron chi connectivity index (χ0n) is 17.8. The van der Waals surface area contributed by atoms with Gasteiger partial charge >= 0.3 is 0 Å². The Morgan fingerprint density at radius 2 is 1.59 bits per heavy atom. The summed E-state index contributed by atoms with van der Waals surface area (Å²) in [6.07, 6.45) is 6.54. The zero-order chi connectivity index (χ0) is 22.1. The molecular weight excluding hydrogens is 422 g/mol. The van der Waals surface area contributed by atoms with Crippen LogP contribution in [0.3, 0.4) is 0 Å². The maximum atomic E-state index is 13.2. The molecule has 5 aliphatic rings.